The standard InChI is InChI=1S/C40H40Br2F2N2O6.C6H11NO2/c41-31-19-25(21-45-17-3-1-11-33(45)39(47)48)13-15-35(31)51-23-27-7-5-9-29(37(27)43)30-10-6-8-28(38(30)44)24-52-36-16-14-26(20-32(36)42)22-46-18-4-2-12-34(46)40(49)50;8-6(9)5-3-1-2-4-7-5/h5-10,13-16,19-20,33-34H,1-4,11-12,17-18,21-24H2,(H,47,48)(H,49,50);5,7H,1-4H2,(H,8,9)/t33-,34-;5-/m00/s1. The smallest absolute Gasteiger partial charge is 0.320 e. The number of likely N-dealkylation sites (tertiary alicyclic amines) is 2. The van der Waals surface area contributed by atoms with Crippen LogP contribution in [0.5, 0.6) is 11.5 Å². The monoisotopic (exact) mass is 969 g/mol. The number of ether oxygens (including phenoxy) is 2. The Morgan fingerprint density at radius 2 is 1.08 bits per heavy atom. The third-order valence-electron chi connectivity index (χ3n) is 11.4. The Balaban J connectivity index is 0.000000613. The molecule has 0 saturated carbocycles. The van der Waals surface area contributed by atoms with Crippen LogP contribution < -0.4 is 14.8 Å². The number of nitrogens with zero attached hydrogens (tertiary/aromatic N) is 2. The maximum Gasteiger partial charge on any atom is 0.320 e. The van der Waals surface area contributed by atoms with Crippen molar-refractivity contribution >= 4 is 49.8 Å². The molecule has 3 saturated heterocycles. The molecule has 4 aromatic rings. The number of carboxylic acid groups (broad SMARTS) is 3. The third kappa shape index (κ3) is 12.4. The van der Waals surface area contributed by atoms with Gasteiger partial charge in [-0.05, 0) is 125 Å². The molecule has 3 aliphatic heterocycles. The van der Waals surface area contributed by atoms with Crippen LogP contribution in [0.4, 0.5) is 8.78 Å². The summed E-state index contributed by atoms with van der Waals surface area (Å²) in [5, 5.41) is 30.6. The molecular formula is C46H51Br2F2N3O8. The van der Waals surface area contributed by atoms with Crippen molar-refractivity contribution in [1.29, 1.82) is 0 Å². The molecule has 4 N–H and O–H groups in total. The number of rotatable bonds is 14. The van der Waals surface area contributed by atoms with Gasteiger partial charge in [0.1, 0.15) is 54.5 Å². The van der Waals surface area contributed by atoms with Crippen molar-refractivity contribution in [1.82, 2.24) is 15.1 Å². The van der Waals surface area contributed by atoms with Crippen molar-refractivity contribution in [3.05, 3.63) is 116 Å². The van der Waals surface area contributed by atoms with Gasteiger partial charge in [0, 0.05) is 35.3 Å². The van der Waals surface area contributed by atoms with E-state index in [1.54, 1.807) is 36.4 Å². The first-order valence-electron chi connectivity index (χ1n) is 20.7. The highest BCUT2D eigenvalue weighted by atomic mass is 79.9. The second-order valence-electron chi connectivity index (χ2n) is 15.6. The second kappa shape index (κ2) is 22.1. The van der Waals surface area contributed by atoms with Crippen molar-refractivity contribution in [3.8, 4) is 22.6 Å². The number of hydrogen-bond donors (Lipinski definition) is 4. The number of nitrogens with one attached hydrogen (secondary N) is 1. The molecule has 326 valence electrons. The zero-order valence-corrected chi connectivity index (χ0v) is 36.9. The molecule has 0 bridgehead atoms. The van der Waals surface area contributed by atoms with E-state index in [9.17, 15) is 24.6 Å². The minimum atomic E-state index is -0.805. The van der Waals surface area contributed by atoms with Crippen LogP contribution in [0.25, 0.3) is 11.1 Å². The first-order chi connectivity index (χ1) is 29.4. The quantitative estimate of drug-likeness (QED) is 0.0958. The molecule has 0 aliphatic carbocycles. The number of piperidine rings is 3. The van der Waals surface area contributed by atoms with Gasteiger partial charge in [-0.1, -0.05) is 67.8 Å². The lowest BCUT2D eigenvalue weighted by atomic mass is 9.99. The van der Waals surface area contributed by atoms with Crippen LogP contribution in [0.15, 0.2) is 81.7 Å². The molecular weight excluding hydrogens is 920 g/mol. The van der Waals surface area contributed by atoms with Crippen molar-refractivity contribution < 1.29 is 48.0 Å². The van der Waals surface area contributed by atoms with Crippen LogP contribution in [-0.2, 0) is 40.7 Å². The van der Waals surface area contributed by atoms with Crippen LogP contribution in [-0.4, -0.2) is 80.8 Å². The number of aliphatic carboxylic acids is 3. The van der Waals surface area contributed by atoms with Crippen LogP contribution in [0.3, 0.4) is 0 Å². The number of benzene rings is 4. The molecule has 4 aromatic carbocycles. The van der Waals surface area contributed by atoms with E-state index in [1.807, 2.05) is 34.1 Å². The van der Waals surface area contributed by atoms with Crippen LogP contribution >= 0.6 is 31.9 Å². The molecule has 3 atom stereocenters. The number of carbonyl (C=O) groups is 3. The fourth-order valence-corrected chi connectivity index (χ4v) is 9.16. The van der Waals surface area contributed by atoms with Gasteiger partial charge in [-0.25, -0.2) is 8.78 Å². The maximum atomic E-state index is 15.9. The van der Waals surface area contributed by atoms with Crippen LogP contribution in [0, 0.1) is 11.6 Å². The van der Waals surface area contributed by atoms with Crippen LogP contribution in [0.2, 0.25) is 0 Å². The number of hydrogen-bond acceptors (Lipinski definition) is 8. The molecule has 0 aromatic heterocycles. The van der Waals surface area contributed by atoms with E-state index in [-0.39, 0.29) is 41.5 Å². The summed E-state index contributed by atoms with van der Waals surface area (Å²) >= 11 is 7.09. The molecule has 7 rings (SSSR count). The van der Waals surface area contributed by atoms with Crippen molar-refractivity contribution in [2.75, 3.05) is 19.6 Å². The van der Waals surface area contributed by atoms with Crippen molar-refractivity contribution in [2.24, 2.45) is 0 Å². The first kappa shape index (κ1) is 46.1. The molecule has 3 heterocycles. The molecule has 0 spiro atoms. The van der Waals surface area contributed by atoms with E-state index in [0.717, 1.165) is 75.7 Å². The first-order valence-corrected chi connectivity index (χ1v) is 22.3. The van der Waals surface area contributed by atoms with Gasteiger partial charge in [0.05, 0.1) is 8.95 Å². The number of carboxylic acids is 3. The number of halogens is 4. The normalized spacial score (nSPS) is 19.6. The van der Waals surface area contributed by atoms with Gasteiger partial charge in [-0.3, -0.25) is 24.2 Å². The van der Waals surface area contributed by atoms with E-state index >= 15 is 8.78 Å². The van der Waals surface area contributed by atoms with E-state index < -0.39 is 41.6 Å². The molecule has 0 unspecified atom stereocenters. The van der Waals surface area contributed by atoms with Crippen LogP contribution in [0.1, 0.15) is 80.0 Å². The minimum absolute atomic E-state index is 0.0893. The highest BCUT2D eigenvalue weighted by Gasteiger charge is 2.30. The third-order valence-corrected chi connectivity index (χ3v) is 12.6. The van der Waals surface area contributed by atoms with E-state index in [2.05, 4.69) is 37.2 Å². The lowest BCUT2D eigenvalue weighted by Gasteiger charge is -2.32. The van der Waals surface area contributed by atoms with Crippen molar-refractivity contribution in [3.63, 3.8) is 0 Å². The average Bonchev–Trinajstić information content (AvgIpc) is 3.25. The lowest BCUT2D eigenvalue weighted by Crippen LogP contribution is -2.43. The average molecular weight is 972 g/mol. The molecule has 0 radical (unpaired) electrons. The summed E-state index contributed by atoms with van der Waals surface area (Å²) in [6.45, 7) is 3.13. The lowest BCUT2D eigenvalue weighted by molar-refractivity contribution is -0.145. The molecule has 15 heteroatoms. The SMILES string of the molecule is O=C(O)[C@@H]1CCCCN1.O=C(O)[C@@H]1CCCCN1Cc1ccc(OCc2cccc(-c3cccc(COc4ccc(CN5CCCC[C@H]5C(=O)O)cc4Br)c3F)c2F)c(Br)c1. The highest BCUT2D eigenvalue weighted by Crippen LogP contribution is 2.34. The van der Waals surface area contributed by atoms with Gasteiger partial charge < -0.3 is 30.1 Å². The Hall–Kier alpha value is -4.41. The zero-order chi connectivity index (χ0) is 43.5. The summed E-state index contributed by atoms with van der Waals surface area (Å²) in [6.07, 6.45) is 7.95. The summed E-state index contributed by atoms with van der Waals surface area (Å²) in [5.74, 6) is -2.50. The fraction of sp³-hybridized carbons (Fsp3) is 0.413. The van der Waals surface area contributed by atoms with Gasteiger partial charge in [0.25, 0.3) is 0 Å². The molecule has 11 nitrogen and oxygen atoms in total. The van der Waals surface area contributed by atoms with Gasteiger partial charge in [0.15, 0.2) is 0 Å². The second-order valence-corrected chi connectivity index (χ2v) is 17.4. The summed E-state index contributed by atoms with van der Waals surface area (Å²) in [4.78, 5) is 37.6. The maximum absolute atomic E-state index is 15.9. The summed E-state index contributed by atoms with van der Waals surface area (Å²) in [7, 11) is 0. The molecule has 3 fully saturated rings. The predicted molar refractivity (Wildman–Crippen MR) is 233 cm³/mol. The Bertz CT molecular complexity index is 2030. The topological polar surface area (TPSA) is 149 Å². The predicted octanol–water partition coefficient (Wildman–Crippen LogP) is 9.41. The molecule has 61 heavy (non-hydrogen) atoms. The Labute approximate surface area is 371 Å². The highest BCUT2D eigenvalue weighted by molar-refractivity contribution is 9.11. The Kier molecular flexibility index (Phi) is 16.7. The molecule has 0 amide bonds. The van der Waals surface area contributed by atoms with Gasteiger partial charge in [-0.2, -0.15) is 0 Å². The Morgan fingerprint density at radius 1 is 0.623 bits per heavy atom. The van der Waals surface area contributed by atoms with Gasteiger partial charge in [-0.15, -0.1) is 0 Å². The van der Waals surface area contributed by atoms with E-state index in [4.69, 9.17) is 14.6 Å². The van der Waals surface area contributed by atoms with Crippen molar-refractivity contribution in [2.45, 2.75) is 102 Å². The Morgan fingerprint density at radius 3 is 1.46 bits per heavy atom. The minimum Gasteiger partial charge on any atom is -0.488 e. The zero-order valence-electron chi connectivity index (χ0n) is 33.8. The molecule has 3 aliphatic rings. The van der Waals surface area contributed by atoms with E-state index in [1.165, 1.54) is 12.1 Å². The summed E-state index contributed by atoms with van der Waals surface area (Å²) < 4.78 is 45.1. The van der Waals surface area contributed by atoms with Gasteiger partial charge in [0.2, 0.25) is 0 Å². The van der Waals surface area contributed by atoms with Gasteiger partial charge >= 0.3 is 17.9 Å². The summed E-state index contributed by atoms with van der Waals surface area (Å²) in [6, 6.07) is 19.4. The largest absolute Gasteiger partial charge is 0.488 e. The fourth-order valence-electron chi connectivity index (χ4n) is 8.08. The summed E-state index contributed by atoms with van der Waals surface area (Å²) in [5.41, 5.74) is 2.60. The van der Waals surface area contributed by atoms with E-state index in [0.29, 0.717) is 46.4 Å².